The number of ether oxygens (including phenoxy) is 1. The smallest absolute Gasteiger partial charge is 0.128 e. The third-order valence-corrected chi connectivity index (χ3v) is 5.01. The lowest BCUT2D eigenvalue weighted by Gasteiger charge is -2.40. The molecule has 0 bridgehead atoms. The third kappa shape index (κ3) is 2.82. The highest BCUT2D eigenvalue weighted by atomic mass is 16.5. The first kappa shape index (κ1) is 14.2. The molecule has 0 amide bonds. The number of nitriles is 1. The van der Waals surface area contributed by atoms with Gasteiger partial charge in [0, 0.05) is 0 Å². The fourth-order valence-corrected chi connectivity index (χ4v) is 3.20. The Morgan fingerprint density at radius 2 is 1.81 bits per heavy atom. The van der Waals surface area contributed by atoms with Crippen LogP contribution in [-0.4, -0.2) is 12.2 Å². The first-order valence-corrected chi connectivity index (χ1v) is 7.80. The molecule has 0 heterocycles. The summed E-state index contributed by atoms with van der Waals surface area (Å²) in [5.41, 5.74) is 0.266. The van der Waals surface area contributed by atoms with Crippen molar-refractivity contribution in [2.24, 2.45) is 5.92 Å². The Morgan fingerprint density at radius 1 is 1.14 bits per heavy atom. The standard InChI is InChI=1S/C19H21NO/c1-2-19(21-14-16-8-9-16)12-10-18(15-20,11-13-19)17-6-4-3-5-7-17/h1,3-7,16H,8-14H2/t18-,19+. The number of rotatable bonds is 4. The largest absolute Gasteiger partial charge is 0.362 e. The van der Waals surface area contributed by atoms with E-state index in [0.29, 0.717) is 5.92 Å². The summed E-state index contributed by atoms with van der Waals surface area (Å²) in [6, 6.07) is 12.6. The van der Waals surface area contributed by atoms with Gasteiger partial charge in [0.15, 0.2) is 0 Å². The molecule has 3 rings (SSSR count). The summed E-state index contributed by atoms with van der Waals surface area (Å²) in [4.78, 5) is 0. The van der Waals surface area contributed by atoms with Gasteiger partial charge in [-0.3, -0.25) is 0 Å². The van der Waals surface area contributed by atoms with E-state index in [1.54, 1.807) is 0 Å². The van der Waals surface area contributed by atoms with Gasteiger partial charge in [-0.05, 0) is 50.0 Å². The fourth-order valence-electron chi connectivity index (χ4n) is 3.20. The summed E-state index contributed by atoms with van der Waals surface area (Å²) in [5, 5.41) is 9.72. The van der Waals surface area contributed by atoms with Crippen LogP contribution in [0.25, 0.3) is 0 Å². The molecule has 0 spiro atoms. The third-order valence-electron chi connectivity index (χ3n) is 5.01. The Morgan fingerprint density at radius 3 is 2.33 bits per heavy atom. The molecule has 0 N–H and O–H groups in total. The number of benzene rings is 1. The molecule has 21 heavy (non-hydrogen) atoms. The van der Waals surface area contributed by atoms with Crippen molar-refractivity contribution in [3.8, 4) is 18.4 Å². The zero-order valence-electron chi connectivity index (χ0n) is 12.3. The van der Waals surface area contributed by atoms with Gasteiger partial charge in [0.2, 0.25) is 0 Å². The van der Waals surface area contributed by atoms with Gasteiger partial charge in [0.25, 0.3) is 0 Å². The van der Waals surface area contributed by atoms with Crippen molar-refractivity contribution in [3.05, 3.63) is 35.9 Å². The van der Waals surface area contributed by atoms with Crippen molar-refractivity contribution >= 4 is 0 Å². The second kappa shape index (κ2) is 5.55. The van der Waals surface area contributed by atoms with Crippen LogP contribution in [0, 0.1) is 29.6 Å². The molecule has 108 valence electrons. The van der Waals surface area contributed by atoms with Crippen LogP contribution in [0.4, 0.5) is 0 Å². The van der Waals surface area contributed by atoms with E-state index in [1.165, 1.54) is 12.8 Å². The van der Waals surface area contributed by atoms with Gasteiger partial charge in [0.05, 0.1) is 18.1 Å². The quantitative estimate of drug-likeness (QED) is 0.785. The summed E-state index contributed by atoms with van der Waals surface area (Å²) in [7, 11) is 0. The molecule has 2 aliphatic rings. The monoisotopic (exact) mass is 279 g/mol. The van der Waals surface area contributed by atoms with Crippen LogP contribution in [0.1, 0.15) is 44.1 Å². The summed E-state index contributed by atoms with van der Waals surface area (Å²) < 4.78 is 6.07. The highest BCUT2D eigenvalue weighted by Crippen LogP contribution is 2.44. The Bertz CT molecular complexity index is 566. The molecular weight excluding hydrogens is 258 g/mol. The fraction of sp³-hybridized carbons (Fsp3) is 0.526. The Balaban J connectivity index is 1.73. The van der Waals surface area contributed by atoms with Gasteiger partial charge in [-0.2, -0.15) is 5.26 Å². The van der Waals surface area contributed by atoms with Crippen molar-refractivity contribution in [2.75, 3.05) is 6.61 Å². The van der Waals surface area contributed by atoms with E-state index in [4.69, 9.17) is 11.2 Å². The first-order valence-electron chi connectivity index (χ1n) is 7.80. The van der Waals surface area contributed by atoms with Crippen LogP contribution in [-0.2, 0) is 10.2 Å². The van der Waals surface area contributed by atoms with Crippen LogP contribution in [0.2, 0.25) is 0 Å². The molecular formula is C19H21NO. The molecule has 0 radical (unpaired) electrons. The van der Waals surface area contributed by atoms with Crippen LogP contribution in [0.15, 0.2) is 30.3 Å². The van der Waals surface area contributed by atoms with E-state index in [9.17, 15) is 5.26 Å². The normalized spacial score (nSPS) is 32.1. The lowest BCUT2D eigenvalue weighted by molar-refractivity contribution is -0.0395. The molecule has 2 nitrogen and oxygen atoms in total. The van der Waals surface area contributed by atoms with Gasteiger partial charge in [-0.15, -0.1) is 6.42 Å². The summed E-state index contributed by atoms with van der Waals surface area (Å²) in [6.07, 6.45) is 11.4. The van der Waals surface area contributed by atoms with E-state index in [0.717, 1.165) is 37.9 Å². The number of terminal acetylenes is 1. The maximum absolute atomic E-state index is 9.72. The molecule has 0 atom stereocenters. The van der Waals surface area contributed by atoms with Crippen LogP contribution in [0.5, 0.6) is 0 Å². The summed E-state index contributed by atoms with van der Waals surface area (Å²) in [5.74, 6) is 3.60. The first-order chi connectivity index (χ1) is 10.2. The molecule has 2 fully saturated rings. The van der Waals surface area contributed by atoms with Gasteiger partial charge in [0.1, 0.15) is 5.60 Å². The zero-order valence-corrected chi connectivity index (χ0v) is 12.3. The van der Waals surface area contributed by atoms with E-state index in [1.807, 2.05) is 18.2 Å². The Labute approximate surface area is 127 Å². The molecule has 0 unspecified atom stereocenters. The van der Waals surface area contributed by atoms with Crippen molar-refractivity contribution in [1.29, 1.82) is 5.26 Å². The lowest BCUT2D eigenvalue weighted by atomic mass is 9.66. The molecule has 2 aliphatic carbocycles. The van der Waals surface area contributed by atoms with Gasteiger partial charge < -0.3 is 4.74 Å². The number of hydrogen-bond acceptors (Lipinski definition) is 2. The predicted octanol–water partition coefficient (Wildman–Crippen LogP) is 3.82. The van der Waals surface area contributed by atoms with Crippen molar-refractivity contribution in [3.63, 3.8) is 0 Å². The Kier molecular flexibility index (Phi) is 3.75. The maximum atomic E-state index is 9.72. The average Bonchev–Trinajstić information content (AvgIpc) is 3.39. The molecule has 2 heteroatoms. The molecule has 0 aliphatic heterocycles. The molecule has 0 aromatic heterocycles. The minimum absolute atomic E-state index is 0.398. The maximum Gasteiger partial charge on any atom is 0.128 e. The molecule has 1 aromatic carbocycles. The van der Waals surface area contributed by atoms with Crippen LogP contribution in [0.3, 0.4) is 0 Å². The highest BCUT2D eigenvalue weighted by Gasteiger charge is 2.44. The zero-order chi connectivity index (χ0) is 14.8. The van der Waals surface area contributed by atoms with Crippen molar-refractivity contribution in [2.45, 2.75) is 49.5 Å². The number of hydrogen-bond donors (Lipinski definition) is 0. The lowest BCUT2D eigenvalue weighted by Crippen LogP contribution is -2.42. The molecule has 0 saturated heterocycles. The molecule has 2 saturated carbocycles. The highest BCUT2D eigenvalue weighted by molar-refractivity contribution is 5.34. The van der Waals surface area contributed by atoms with E-state index >= 15 is 0 Å². The van der Waals surface area contributed by atoms with Crippen LogP contribution >= 0.6 is 0 Å². The number of nitrogens with zero attached hydrogens (tertiary/aromatic N) is 1. The molecule has 1 aromatic rings. The van der Waals surface area contributed by atoms with Crippen molar-refractivity contribution in [1.82, 2.24) is 0 Å². The van der Waals surface area contributed by atoms with Crippen LogP contribution < -0.4 is 0 Å². The summed E-state index contributed by atoms with van der Waals surface area (Å²) >= 11 is 0. The minimum Gasteiger partial charge on any atom is -0.362 e. The topological polar surface area (TPSA) is 33.0 Å². The second-order valence-electron chi connectivity index (χ2n) is 6.45. The van der Waals surface area contributed by atoms with Crippen molar-refractivity contribution < 1.29 is 4.74 Å². The van der Waals surface area contributed by atoms with E-state index < -0.39 is 11.0 Å². The average molecular weight is 279 g/mol. The van der Waals surface area contributed by atoms with Gasteiger partial charge in [-0.25, -0.2) is 0 Å². The Hall–Kier alpha value is -1.77. The SMILES string of the molecule is C#C[C@]1(OCC2CC2)CC[C@@](C#N)(c2ccccc2)CC1. The summed E-state index contributed by atoms with van der Waals surface area (Å²) in [6.45, 7) is 0.787. The predicted molar refractivity (Wildman–Crippen MR) is 82.4 cm³/mol. The minimum atomic E-state index is -0.447. The van der Waals surface area contributed by atoms with Gasteiger partial charge >= 0.3 is 0 Å². The van der Waals surface area contributed by atoms with E-state index in [2.05, 4.69) is 24.1 Å². The van der Waals surface area contributed by atoms with Gasteiger partial charge in [-0.1, -0.05) is 36.3 Å². The van der Waals surface area contributed by atoms with E-state index in [-0.39, 0.29) is 0 Å². The second-order valence-corrected chi connectivity index (χ2v) is 6.45.